The number of carboxylic acid groups (broad SMARTS) is 1. The lowest BCUT2D eigenvalue weighted by Gasteiger charge is -2.13. The van der Waals surface area contributed by atoms with Gasteiger partial charge >= 0.3 is 5.97 Å². The Bertz CT molecular complexity index is 878. The molecule has 0 saturated heterocycles. The van der Waals surface area contributed by atoms with Gasteiger partial charge in [-0.25, -0.2) is 0 Å². The molecule has 0 aliphatic carbocycles. The highest BCUT2D eigenvalue weighted by molar-refractivity contribution is 5.88. The van der Waals surface area contributed by atoms with Crippen LogP contribution in [0.25, 0.3) is 21.9 Å². The van der Waals surface area contributed by atoms with E-state index in [1.165, 1.54) is 33.0 Å². The van der Waals surface area contributed by atoms with Crippen molar-refractivity contribution < 1.29 is 9.90 Å². The molecule has 116 valence electrons. The first-order chi connectivity index (χ1) is 11.0. The van der Waals surface area contributed by atoms with Gasteiger partial charge in [0.1, 0.15) is 0 Å². The molecule has 0 amide bonds. The monoisotopic (exact) mass is 304 g/mol. The lowest BCUT2D eigenvalue weighted by molar-refractivity contribution is -0.136. The summed E-state index contributed by atoms with van der Waals surface area (Å²) >= 11 is 0. The van der Waals surface area contributed by atoms with Gasteiger partial charge in [0.05, 0.1) is 0 Å². The molecular formula is C21H20O2. The Labute approximate surface area is 136 Å². The highest BCUT2D eigenvalue weighted by Gasteiger charge is 2.09. The van der Waals surface area contributed by atoms with Crippen LogP contribution in [0.5, 0.6) is 0 Å². The standard InChI is InChI=1S/C21H20O2/c1-14-11-16(7-10-21(22)23)12-20(15(14)2)19-9-8-17-5-3-4-6-18(17)13-19/h3-6,8-9,11-13H,7,10H2,1-2H3,(H,22,23). The van der Waals surface area contributed by atoms with Crippen LogP contribution in [-0.4, -0.2) is 11.1 Å². The van der Waals surface area contributed by atoms with Gasteiger partial charge in [0.25, 0.3) is 0 Å². The second-order valence-electron chi connectivity index (χ2n) is 6.04. The van der Waals surface area contributed by atoms with Crippen LogP contribution in [0.4, 0.5) is 0 Å². The highest BCUT2D eigenvalue weighted by Crippen LogP contribution is 2.30. The van der Waals surface area contributed by atoms with Crippen molar-refractivity contribution in [3.8, 4) is 11.1 Å². The quantitative estimate of drug-likeness (QED) is 0.724. The Morgan fingerprint density at radius 2 is 1.70 bits per heavy atom. The predicted octanol–water partition coefficient (Wildman–Crippen LogP) is 5.14. The zero-order valence-corrected chi connectivity index (χ0v) is 13.5. The second kappa shape index (κ2) is 6.25. The largest absolute Gasteiger partial charge is 0.481 e. The summed E-state index contributed by atoms with van der Waals surface area (Å²) in [4.78, 5) is 10.8. The first-order valence-corrected chi connectivity index (χ1v) is 7.85. The van der Waals surface area contributed by atoms with Gasteiger partial charge < -0.3 is 5.11 Å². The average molecular weight is 304 g/mol. The molecule has 1 N–H and O–H groups in total. The minimum atomic E-state index is -0.754. The van der Waals surface area contributed by atoms with E-state index in [-0.39, 0.29) is 6.42 Å². The van der Waals surface area contributed by atoms with Crippen LogP contribution in [-0.2, 0) is 11.2 Å². The molecule has 0 bridgehead atoms. The summed E-state index contributed by atoms with van der Waals surface area (Å²) in [5, 5.41) is 11.4. The lowest BCUT2D eigenvalue weighted by Crippen LogP contribution is -1.99. The van der Waals surface area contributed by atoms with Crippen LogP contribution in [0.2, 0.25) is 0 Å². The van der Waals surface area contributed by atoms with E-state index < -0.39 is 5.97 Å². The molecule has 0 unspecified atom stereocenters. The van der Waals surface area contributed by atoms with E-state index in [1.807, 2.05) is 12.1 Å². The zero-order valence-electron chi connectivity index (χ0n) is 13.5. The summed E-state index contributed by atoms with van der Waals surface area (Å²) in [5.41, 5.74) is 5.91. The number of carbonyl (C=O) groups is 1. The van der Waals surface area contributed by atoms with Gasteiger partial charge in [-0.3, -0.25) is 4.79 Å². The Hall–Kier alpha value is -2.61. The smallest absolute Gasteiger partial charge is 0.303 e. The Kier molecular flexibility index (Phi) is 4.16. The SMILES string of the molecule is Cc1cc(CCC(=O)O)cc(-c2ccc3ccccc3c2)c1C. The third-order valence-corrected chi connectivity index (χ3v) is 4.42. The number of aliphatic carboxylic acids is 1. The van der Waals surface area contributed by atoms with Gasteiger partial charge in [-0.15, -0.1) is 0 Å². The van der Waals surface area contributed by atoms with Crippen molar-refractivity contribution in [2.75, 3.05) is 0 Å². The van der Waals surface area contributed by atoms with Gasteiger partial charge in [-0.05, 0) is 64.9 Å². The zero-order chi connectivity index (χ0) is 16.4. The van der Waals surface area contributed by atoms with Gasteiger partial charge in [-0.1, -0.05) is 48.5 Å². The fourth-order valence-corrected chi connectivity index (χ4v) is 2.99. The second-order valence-corrected chi connectivity index (χ2v) is 6.04. The molecule has 0 aromatic heterocycles. The van der Waals surface area contributed by atoms with Gasteiger partial charge in [-0.2, -0.15) is 0 Å². The molecule has 2 heteroatoms. The van der Waals surface area contributed by atoms with Crippen LogP contribution in [0.3, 0.4) is 0 Å². The molecule has 0 spiro atoms. The molecule has 0 aliphatic heterocycles. The van der Waals surface area contributed by atoms with E-state index >= 15 is 0 Å². The van der Waals surface area contributed by atoms with Crippen molar-refractivity contribution >= 4 is 16.7 Å². The molecule has 3 aromatic rings. The van der Waals surface area contributed by atoms with E-state index in [1.54, 1.807) is 0 Å². The lowest BCUT2D eigenvalue weighted by atomic mass is 9.92. The van der Waals surface area contributed by atoms with Gasteiger partial charge in [0.2, 0.25) is 0 Å². The molecule has 0 atom stereocenters. The fraction of sp³-hybridized carbons (Fsp3) is 0.190. The maximum absolute atomic E-state index is 10.8. The summed E-state index contributed by atoms with van der Waals surface area (Å²) in [5.74, 6) is -0.754. The van der Waals surface area contributed by atoms with Crippen LogP contribution in [0.1, 0.15) is 23.1 Å². The number of aryl methyl sites for hydroxylation is 2. The van der Waals surface area contributed by atoms with E-state index in [2.05, 4.69) is 56.3 Å². The summed E-state index contributed by atoms with van der Waals surface area (Å²) in [6.07, 6.45) is 0.733. The molecule has 0 radical (unpaired) electrons. The number of hydrogen-bond donors (Lipinski definition) is 1. The summed E-state index contributed by atoms with van der Waals surface area (Å²) < 4.78 is 0. The van der Waals surface area contributed by atoms with Crippen molar-refractivity contribution in [1.29, 1.82) is 0 Å². The third-order valence-electron chi connectivity index (χ3n) is 4.42. The maximum atomic E-state index is 10.8. The van der Waals surface area contributed by atoms with Crippen molar-refractivity contribution in [1.82, 2.24) is 0 Å². The van der Waals surface area contributed by atoms with Crippen LogP contribution in [0, 0.1) is 13.8 Å². The molecular weight excluding hydrogens is 284 g/mol. The Morgan fingerprint density at radius 1 is 0.957 bits per heavy atom. The van der Waals surface area contributed by atoms with Gasteiger partial charge in [0.15, 0.2) is 0 Å². The van der Waals surface area contributed by atoms with Gasteiger partial charge in [0, 0.05) is 6.42 Å². The summed E-state index contributed by atoms with van der Waals surface area (Å²) in [6, 6.07) is 19.1. The number of hydrogen-bond acceptors (Lipinski definition) is 1. The van der Waals surface area contributed by atoms with Crippen molar-refractivity contribution in [2.24, 2.45) is 0 Å². The first-order valence-electron chi connectivity index (χ1n) is 7.85. The van der Waals surface area contributed by atoms with E-state index in [4.69, 9.17) is 5.11 Å². The number of rotatable bonds is 4. The number of carboxylic acids is 1. The van der Waals surface area contributed by atoms with E-state index in [9.17, 15) is 4.79 Å². The minimum Gasteiger partial charge on any atom is -0.481 e. The van der Waals surface area contributed by atoms with Crippen LogP contribution in [0.15, 0.2) is 54.6 Å². The molecule has 3 rings (SSSR count). The van der Waals surface area contributed by atoms with Crippen molar-refractivity contribution in [2.45, 2.75) is 26.7 Å². The molecule has 23 heavy (non-hydrogen) atoms. The van der Waals surface area contributed by atoms with Crippen molar-refractivity contribution in [3.63, 3.8) is 0 Å². The Balaban J connectivity index is 2.07. The average Bonchev–Trinajstić information content (AvgIpc) is 2.55. The Morgan fingerprint density at radius 3 is 2.43 bits per heavy atom. The molecule has 2 nitrogen and oxygen atoms in total. The molecule has 0 aliphatic rings. The normalized spacial score (nSPS) is 10.9. The number of benzene rings is 3. The predicted molar refractivity (Wildman–Crippen MR) is 94.8 cm³/mol. The summed E-state index contributed by atoms with van der Waals surface area (Å²) in [7, 11) is 0. The number of fused-ring (bicyclic) bond motifs is 1. The fourth-order valence-electron chi connectivity index (χ4n) is 2.99. The molecule has 0 fully saturated rings. The molecule has 0 heterocycles. The van der Waals surface area contributed by atoms with Crippen molar-refractivity contribution in [3.05, 3.63) is 71.3 Å². The third kappa shape index (κ3) is 3.26. The van der Waals surface area contributed by atoms with E-state index in [0.29, 0.717) is 6.42 Å². The maximum Gasteiger partial charge on any atom is 0.303 e. The van der Waals surface area contributed by atoms with Crippen LogP contribution < -0.4 is 0 Å². The van der Waals surface area contributed by atoms with E-state index in [0.717, 1.165) is 5.56 Å². The molecule has 0 saturated carbocycles. The minimum absolute atomic E-state index is 0.166. The first kappa shape index (κ1) is 15.3. The topological polar surface area (TPSA) is 37.3 Å². The van der Waals surface area contributed by atoms with Crippen LogP contribution >= 0.6 is 0 Å². The highest BCUT2D eigenvalue weighted by atomic mass is 16.4. The summed E-state index contributed by atoms with van der Waals surface area (Å²) in [6.45, 7) is 4.21. The molecule has 3 aromatic carbocycles.